The Morgan fingerprint density at radius 1 is 1.33 bits per heavy atom. The van der Waals surface area contributed by atoms with E-state index in [1.54, 1.807) is 0 Å². The molecule has 21 heavy (non-hydrogen) atoms. The SMILES string of the molecule is CC[C@H](Cc1ccc(Cl)cc1)NC(=O)CC1OCCCO1. The topological polar surface area (TPSA) is 47.6 Å². The second kappa shape index (κ2) is 8.37. The molecule has 0 aliphatic carbocycles. The van der Waals surface area contributed by atoms with Crippen LogP contribution in [0.2, 0.25) is 5.02 Å². The summed E-state index contributed by atoms with van der Waals surface area (Å²) in [5, 5.41) is 3.77. The van der Waals surface area contributed by atoms with Gasteiger partial charge in [-0.1, -0.05) is 30.7 Å². The van der Waals surface area contributed by atoms with Crippen molar-refractivity contribution in [2.75, 3.05) is 13.2 Å². The van der Waals surface area contributed by atoms with Gasteiger partial charge >= 0.3 is 0 Å². The molecule has 0 spiro atoms. The molecule has 4 nitrogen and oxygen atoms in total. The van der Waals surface area contributed by atoms with Gasteiger partial charge in [0.25, 0.3) is 0 Å². The molecule has 0 unspecified atom stereocenters. The van der Waals surface area contributed by atoms with Crippen molar-refractivity contribution < 1.29 is 14.3 Å². The van der Waals surface area contributed by atoms with Crippen LogP contribution in [0.4, 0.5) is 0 Å². The van der Waals surface area contributed by atoms with Crippen molar-refractivity contribution >= 4 is 17.5 Å². The van der Waals surface area contributed by atoms with Gasteiger partial charge in [-0.25, -0.2) is 0 Å². The Morgan fingerprint density at radius 2 is 2.00 bits per heavy atom. The number of benzene rings is 1. The molecule has 116 valence electrons. The minimum atomic E-state index is -0.396. The fraction of sp³-hybridized carbons (Fsp3) is 0.562. The van der Waals surface area contributed by atoms with Gasteiger partial charge < -0.3 is 14.8 Å². The summed E-state index contributed by atoms with van der Waals surface area (Å²) >= 11 is 5.88. The zero-order chi connectivity index (χ0) is 15.1. The van der Waals surface area contributed by atoms with Crippen LogP contribution in [0.15, 0.2) is 24.3 Å². The van der Waals surface area contributed by atoms with Crippen molar-refractivity contribution in [3.8, 4) is 0 Å². The van der Waals surface area contributed by atoms with Crippen LogP contribution in [0.25, 0.3) is 0 Å². The molecular weight excluding hydrogens is 290 g/mol. The Hall–Kier alpha value is -1.10. The lowest BCUT2D eigenvalue weighted by atomic mass is 10.0. The molecule has 1 heterocycles. The van der Waals surface area contributed by atoms with Crippen LogP contribution in [-0.2, 0) is 20.7 Å². The number of hydrogen-bond donors (Lipinski definition) is 1. The molecular formula is C16H22ClNO3. The van der Waals surface area contributed by atoms with E-state index in [-0.39, 0.29) is 18.4 Å². The molecule has 1 aliphatic rings. The average molecular weight is 312 g/mol. The van der Waals surface area contributed by atoms with E-state index in [1.807, 2.05) is 24.3 Å². The molecule has 0 saturated carbocycles. The first-order chi connectivity index (χ1) is 10.2. The Balaban J connectivity index is 1.80. The van der Waals surface area contributed by atoms with Crippen molar-refractivity contribution in [2.24, 2.45) is 0 Å². The van der Waals surface area contributed by atoms with Crippen LogP contribution >= 0.6 is 11.6 Å². The molecule has 0 radical (unpaired) electrons. The summed E-state index contributed by atoms with van der Waals surface area (Å²) in [6, 6.07) is 7.83. The Kier molecular flexibility index (Phi) is 6.49. The molecule has 1 aromatic rings. The van der Waals surface area contributed by atoms with Gasteiger partial charge in [-0.15, -0.1) is 0 Å². The van der Waals surface area contributed by atoms with Crippen molar-refractivity contribution in [2.45, 2.75) is 44.9 Å². The molecule has 0 bridgehead atoms. The molecule has 1 N–H and O–H groups in total. The lowest BCUT2D eigenvalue weighted by Gasteiger charge is -2.24. The highest BCUT2D eigenvalue weighted by Gasteiger charge is 2.20. The molecule has 0 aromatic heterocycles. The minimum Gasteiger partial charge on any atom is -0.353 e. The van der Waals surface area contributed by atoms with Crippen molar-refractivity contribution in [1.29, 1.82) is 0 Å². The molecule has 1 aromatic carbocycles. The second-order valence-corrected chi connectivity index (χ2v) is 5.67. The van der Waals surface area contributed by atoms with E-state index >= 15 is 0 Å². The lowest BCUT2D eigenvalue weighted by Crippen LogP contribution is -2.39. The third kappa shape index (κ3) is 5.65. The van der Waals surface area contributed by atoms with Gasteiger partial charge in [0.05, 0.1) is 19.6 Å². The van der Waals surface area contributed by atoms with E-state index in [2.05, 4.69) is 12.2 Å². The Morgan fingerprint density at radius 3 is 2.62 bits per heavy atom. The number of rotatable bonds is 6. The normalized spacial score (nSPS) is 17.4. The maximum atomic E-state index is 12.0. The third-order valence-electron chi connectivity index (χ3n) is 3.50. The van der Waals surface area contributed by atoms with Gasteiger partial charge in [-0.05, 0) is 37.0 Å². The van der Waals surface area contributed by atoms with E-state index < -0.39 is 6.29 Å². The highest BCUT2D eigenvalue weighted by atomic mass is 35.5. The van der Waals surface area contributed by atoms with Crippen molar-refractivity contribution in [3.63, 3.8) is 0 Å². The standard InChI is InChI=1S/C16H22ClNO3/c1-2-14(10-12-4-6-13(17)7-5-12)18-15(19)11-16-20-8-3-9-21-16/h4-7,14,16H,2-3,8-11H2,1H3,(H,18,19)/t14-/m1/s1. The Labute approximate surface area is 130 Å². The summed E-state index contributed by atoms with van der Waals surface area (Å²) in [7, 11) is 0. The van der Waals surface area contributed by atoms with E-state index in [9.17, 15) is 4.79 Å². The van der Waals surface area contributed by atoms with Crippen molar-refractivity contribution in [1.82, 2.24) is 5.32 Å². The quantitative estimate of drug-likeness (QED) is 0.878. The predicted molar refractivity (Wildman–Crippen MR) is 82.3 cm³/mol. The second-order valence-electron chi connectivity index (χ2n) is 5.23. The molecule has 5 heteroatoms. The monoisotopic (exact) mass is 311 g/mol. The van der Waals surface area contributed by atoms with Gasteiger partial charge in [0, 0.05) is 11.1 Å². The van der Waals surface area contributed by atoms with Gasteiger partial charge in [0.2, 0.25) is 5.91 Å². The molecule has 1 amide bonds. The highest BCUT2D eigenvalue weighted by molar-refractivity contribution is 6.30. The third-order valence-corrected chi connectivity index (χ3v) is 3.75. The first-order valence-corrected chi connectivity index (χ1v) is 7.82. The summed E-state index contributed by atoms with van der Waals surface area (Å²) in [5.41, 5.74) is 1.16. The number of nitrogens with one attached hydrogen (secondary N) is 1. The van der Waals surface area contributed by atoms with Crippen LogP contribution in [0, 0.1) is 0 Å². The zero-order valence-corrected chi connectivity index (χ0v) is 13.1. The van der Waals surface area contributed by atoms with E-state index in [0.717, 1.165) is 29.8 Å². The fourth-order valence-electron chi connectivity index (χ4n) is 2.29. The zero-order valence-electron chi connectivity index (χ0n) is 12.3. The summed E-state index contributed by atoms with van der Waals surface area (Å²) in [4.78, 5) is 12.0. The lowest BCUT2D eigenvalue weighted by molar-refractivity contribution is -0.184. The smallest absolute Gasteiger partial charge is 0.225 e. The van der Waals surface area contributed by atoms with E-state index in [4.69, 9.17) is 21.1 Å². The fourth-order valence-corrected chi connectivity index (χ4v) is 2.42. The van der Waals surface area contributed by atoms with Gasteiger partial charge in [0.1, 0.15) is 0 Å². The number of ether oxygens (including phenoxy) is 2. The number of halogens is 1. The first-order valence-electron chi connectivity index (χ1n) is 7.44. The van der Waals surface area contributed by atoms with E-state index in [1.165, 1.54) is 0 Å². The van der Waals surface area contributed by atoms with Crippen LogP contribution < -0.4 is 5.32 Å². The van der Waals surface area contributed by atoms with Gasteiger partial charge in [0.15, 0.2) is 6.29 Å². The molecule has 1 atom stereocenters. The Bertz CT molecular complexity index is 443. The summed E-state index contributed by atoms with van der Waals surface area (Å²) in [5.74, 6) is -0.0253. The maximum Gasteiger partial charge on any atom is 0.225 e. The number of carbonyl (C=O) groups excluding carboxylic acids is 1. The number of amides is 1. The van der Waals surface area contributed by atoms with Gasteiger partial charge in [-0.2, -0.15) is 0 Å². The molecule has 1 fully saturated rings. The summed E-state index contributed by atoms with van der Waals surface area (Å²) < 4.78 is 10.8. The van der Waals surface area contributed by atoms with Crippen LogP contribution in [0.3, 0.4) is 0 Å². The summed E-state index contributed by atoms with van der Waals surface area (Å²) in [6.45, 7) is 3.40. The van der Waals surface area contributed by atoms with Crippen LogP contribution in [0.1, 0.15) is 31.7 Å². The number of carbonyl (C=O) groups is 1. The molecule has 1 saturated heterocycles. The summed E-state index contributed by atoms with van der Waals surface area (Å²) in [6.07, 6.45) is 2.43. The van der Waals surface area contributed by atoms with Gasteiger partial charge in [-0.3, -0.25) is 4.79 Å². The molecule has 2 rings (SSSR count). The first kappa shape index (κ1) is 16.3. The molecule has 1 aliphatic heterocycles. The van der Waals surface area contributed by atoms with Crippen LogP contribution in [-0.4, -0.2) is 31.5 Å². The van der Waals surface area contributed by atoms with Crippen LogP contribution in [0.5, 0.6) is 0 Å². The highest BCUT2D eigenvalue weighted by Crippen LogP contribution is 2.13. The van der Waals surface area contributed by atoms with E-state index in [0.29, 0.717) is 13.2 Å². The maximum absolute atomic E-state index is 12.0. The largest absolute Gasteiger partial charge is 0.353 e. The minimum absolute atomic E-state index is 0.0253. The van der Waals surface area contributed by atoms with Crippen molar-refractivity contribution in [3.05, 3.63) is 34.9 Å². The number of hydrogen-bond acceptors (Lipinski definition) is 3. The average Bonchev–Trinajstić information content (AvgIpc) is 2.49. The predicted octanol–water partition coefficient (Wildman–Crippen LogP) is 2.93.